The minimum absolute atomic E-state index is 0.146. The quantitative estimate of drug-likeness (QED) is 0.833. The molecule has 0 bridgehead atoms. The van der Waals surface area contributed by atoms with Gasteiger partial charge in [0.05, 0.1) is 0 Å². The van der Waals surface area contributed by atoms with Gasteiger partial charge in [0.25, 0.3) is 0 Å². The highest BCUT2D eigenvalue weighted by Gasteiger charge is 2.19. The molecule has 3 nitrogen and oxygen atoms in total. The summed E-state index contributed by atoms with van der Waals surface area (Å²) < 4.78 is 0. The lowest BCUT2D eigenvalue weighted by Gasteiger charge is -2.22. The van der Waals surface area contributed by atoms with E-state index >= 15 is 0 Å². The molecule has 1 aromatic rings. The van der Waals surface area contributed by atoms with Crippen LogP contribution in [0.4, 0.5) is 5.69 Å². The Hall–Kier alpha value is -1.35. The van der Waals surface area contributed by atoms with E-state index in [4.69, 9.17) is 0 Å². The Balaban J connectivity index is 2.07. The van der Waals surface area contributed by atoms with Gasteiger partial charge < -0.3 is 10.6 Å². The van der Waals surface area contributed by atoms with E-state index in [0.29, 0.717) is 0 Å². The molecule has 0 saturated carbocycles. The summed E-state index contributed by atoms with van der Waals surface area (Å²) >= 11 is 0. The molecule has 0 saturated heterocycles. The first-order valence-electron chi connectivity index (χ1n) is 7.88. The fourth-order valence-corrected chi connectivity index (χ4v) is 2.85. The maximum atomic E-state index is 12.4. The summed E-state index contributed by atoms with van der Waals surface area (Å²) in [7, 11) is 0. The minimum Gasteiger partial charge on any atom is -0.326 e. The average molecular weight is 274 g/mol. The molecule has 110 valence electrons. The molecule has 0 aromatic heterocycles. The molecule has 3 heteroatoms. The summed E-state index contributed by atoms with van der Waals surface area (Å²) in [5.74, 6) is 0.334. The molecule has 1 aromatic carbocycles. The smallest absolute Gasteiger partial charge is 0.227 e. The zero-order valence-electron chi connectivity index (χ0n) is 12.7. The molecule has 1 aliphatic heterocycles. The monoisotopic (exact) mass is 274 g/mol. The molecule has 1 aliphatic rings. The Bertz CT molecular complexity index is 456. The van der Waals surface area contributed by atoms with Crippen molar-refractivity contribution in [3.05, 3.63) is 29.3 Å². The van der Waals surface area contributed by atoms with Gasteiger partial charge in [-0.05, 0) is 43.0 Å². The van der Waals surface area contributed by atoms with Gasteiger partial charge in [-0.15, -0.1) is 0 Å². The number of hydrogen-bond donors (Lipinski definition) is 2. The summed E-state index contributed by atoms with van der Waals surface area (Å²) in [4.78, 5) is 12.4. The van der Waals surface area contributed by atoms with E-state index in [-0.39, 0.29) is 11.8 Å². The number of unbranched alkanes of at least 4 members (excludes halogenated alkanes) is 1. The van der Waals surface area contributed by atoms with Crippen molar-refractivity contribution in [1.29, 1.82) is 0 Å². The molecular weight excluding hydrogens is 248 g/mol. The predicted molar refractivity (Wildman–Crippen MR) is 83.8 cm³/mol. The molecule has 2 rings (SSSR count). The highest BCUT2D eigenvalue weighted by molar-refractivity contribution is 5.93. The van der Waals surface area contributed by atoms with Crippen LogP contribution >= 0.6 is 0 Å². The number of carbonyl (C=O) groups excluding carboxylic acids is 1. The van der Waals surface area contributed by atoms with Crippen LogP contribution < -0.4 is 10.6 Å². The zero-order valence-corrected chi connectivity index (χ0v) is 12.7. The Morgan fingerprint density at radius 3 is 3.00 bits per heavy atom. The second-order valence-corrected chi connectivity index (χ2v) is 5.61. The molecular formula is C17H26N2O. The van der Waals surface area contributed by atoms with Crippen LogP contribution in [0, 0.1) is 5.92 Å². The van der Waals surface area contributed by atoms with Crippen molar-refractivity contribution in [2.75, 3.05) is 11.9 Å². The van der Waals surface area contributed by atoms with Crippen molar-refractivity contribution in [3.63, 3.8) is 0 Å². The van der Waals surface area contributed by atoms with Gasteiger partial charge in [-0.25, -0.2) is 0 Å². The Labute approximate surface area is 122 Å². The normalized spacial score (nSPS) is 15.5. The van der Waals surface area contributed by atoms with Crippen molar-refractivity contribution in [3.8, 4) is 0 Å². The van der Waals surface area contributed by atoms with Crippen LogP contribution in [0.5, 0.6) is 0 Å². The number of benzene rings is 1. The average Bonchev–Trinajstić information content (AvgIpc) is 2.48. The van der Waals surface area contributed by atoms with E-state index in [1.54, 1.807) is 0 Å². The van der Waals surface area contributed by atoms with Gasteiger partial charge in [-0.1, -0.05) is 38.8 Å². The van der Waals surface area contributed by atoms with Crippen LogP contribution in [-0.2, 0) is 17.8 Å². The largest absolute Gasteiger partial charge is 0.326 e. The highest BCUT2D eigenvalue weighted by atomic mass is 16.1. The number of nitrogens with one attached hydrogen (secondary N) is 2. The lowest BCUT2D eigenvalue weighted by Crippen LogP contribution is -2.27. The molecule has 1 atom stereocenters. The molecule has 0 spiro atoms. The molecule has 1 heterocycles. The van der Waals surface area contributed by atoms with Gasteiger partial charge in [-0.3, -0.25) is 4.79 Å². The van der Waals surface area contributed by atoms with E-state index in [1.807, 2.05) is 12.1 Å². The highest BCUT2D eigenvalue weighted by Crippen LogP contribution is 2.24. The third kappa shape index (κ3) is 3.60. The molecule has 0 aliphatic carbocycles. The van der Waals surface area contributed by atoms with E-state index in [0.717, 1.165) is 50.9 Å². The topological polar surface area (TPSA) is 41.1 Å². The molecule has 1 unspecified atom stereocenters. The number of fused-ring (bicyclic) bond motifs is 1. The van der Waals surface area contributed by atoms with Crippen molar-refractivity contribution in [2.24, 2.45) is 5.92 Å². The van der Waals surface area contributed by atoms with Crippen LogP contribution in [0.1, 0.15) is 50.7 Å². The summed E-state index contributed by atoms with van der Waals surface area (Å²) in [5, 5.41) is 6.53. The third-order valence-corrected chi connectivity index (χ3v) is 4.17. The number of rotatable bonds is 6. The van der Waals surface area contributed by atoms with Crippen molar-refractivity contribution in [2.45, 2.75) is 52.5 Å². The first-order chi connectivity index (χ1) is 9.76. The second-order valence-electron chi connectivity index (χ2n) is 5.61. The van der Waals surface area contributed by atoms with Gasteiger partial charge in [-0.2, -0.15) is 0 Å². The van der Waals surface area contributed by atoms with Crippen LogP contribution in [0.2, 0.25) is 0 Å². The summed E-state index contributed by atoms with van der Waals surface area (Å²) in [5.41, 5.74) is 3.64. The maximum absolute atomic E-state index is 12.4. The number of amides is 1. The molecule has 0 radical (unpaired) electrons. The van der Waals surface area contributed by atoms with Gasteiger partial charge in [0.1, 0.15) is 0 Å². The Kier molecular flexibility index (Phi) is 5.60. The van der Waals surface area contributed by atoms with E-state index < -0.39 is 0 Å². The lowest BCUT2D eigenvalue weighted by atomic mass is 9.96. The molecule has 2 N–H and O–H groups in total. The lowest BCUT2D eigenvalue weighted by molar-refractivity contribution is -0.120. The van der Waals surface area contributed by atoms with Crippen LogP contribution in [0.3, 0.4) is 0 Å². The van der Waals surface area contributed by atoms with Crippen molar-refractivity contribution < 1.29 is 4.79 Å². The summed E-state index contributed by atoms with van der Waals surface area (Å²) in [6.07, 6.45) is 5.19. The SMILES string of the molecule is CCCCC(CC)C(=O)Nc1cccc2c1CCNC2. The molecule has 1 amide bonds. The van der Waals surface area contributed by atoms with Gasteiger partial charge >= 0.3 is 0 Å². The zero-order chi connectivity index (χ0) is 14.4. The number of carbonyl (C=O) groups is 1. The summed E-state index contributed by atoms with van der Waals surface area (Å²) in [6, 6.07) is 6.22. The van der Waals surface area contributed by atoms with Gasteiger partial charge in [0.15, 0.2) is 0 Å². The van der Waals surface area contributed by atoms with Gasteiger partial charge in [0, 0.05) is 18.2 Å². The molecule has 0 fully saturated rings. The molecule has 20 heavy (non-hydrogen) atoms. The Morgan fingerprint density at radius 2 is 2.25 bits per heavy atom. The second kappa shape index (κ2) is 7.44. The van der Waals surface area contributed by atoms with E-state index in [2.05, 4.69) is 30.5 Å². The van der Waals surface area contributed by atoms with Crippen LogP contribution in [0.25, 0.3) is 0 Å². The number of anilines is 1. The van der Waals surface area contributed by atoms with Crippen molar-refractivity contribution in [1.82, 2.24) is 5.32 Å². The van der Waals surface area contributed by atoms with Gasteiger partial charge in [0.2, 0.25) is 5.91 Å². The Morgan fingerprint density at radius 1 is 1.40 bits per heavy atom. The fourth-order valence-electron chi connectivity index (χ4n) is 2.85. The van der Waals surface area contributed by atoms with Crippen LogP contribution in [-0.4, -0.2) is 12.5 Å². The van der Waals surface area contributed by atoms with Crippen LogP contribution in [0.15, 0.2) is 18.2 Å². The first kappa shape index (κ1) is 15.0. The standard InChI is InChI=1S/C17H26N2O/c1-3-5-7-13(4-2)17(20)19-16-9-6-8-14-12-18-11-10-15(14)16/h6,8-9,13,18H,3-5,7,10-12H2,1-2H3,(H,19,20). The van der Waals surface area contributed by atoms with Crippen molar-refractivity contribution >= 4 is 11.6 Å². The van der Waals surface area contributed by atoms with E-state index in [9.17, 15) is 4.79 Å². The maximum Gasteiger partial charge on any atom is 0.227 e. The summed E-state index contributed by atoms with van der Waals surface area (Å²) in [6.45, 7) is 6.18. The first-order valence-corrected chi connectivity index (χ1v) is 7.88. The minimum atomic E-state index is 0.146. The third-order valence-electron chi connectivity index (χ3n) is 4.17. The predicted octanol–water partition coefficient (Wildman–Crippen LogP) is 3.49. The van der Waals surface area contributed by atoms with E-state index in [1.165, 1.54) is 11.1 Å². The fraction of sp³-hybridized carbons (Fsp3) is 0.588. The number of hydrogen-bond acceptors (Lipinski definition) is 2.